The van der Waals surface area contributed by atoms with E-state index in [-0.39, 0.29) is 0 Å². The molecular weight excluding hydrogens is 202 g/mol. The van der Waals surface area contributed by atoms with Crippen molar-refractivity contribution in [2.24, 2.45) is 5.73 Å². The van der Waals surface area contributed by atoms with Gasteiger partial charge in [-0.2, -0.15) is 0 Å². The van der Waals surface area contributed by atoms with Gasteiger partial charge in [-0.25, -0.2) is 0 Å². The third-order valence-corrected chi connectivity index (χ3v) is 4.86. The molecule has 6 heteroatoms. The van der Waals surface area contributed by atoms with Gasteiger partial charge in [0.05, 0.1) is 6.61 Å². The molecular formula is C8H21NO4Si. The normalized spacial score (nSPS) is 14.4. The van der Waals surface area contributed by atoms with E-state index < -0.39 is 15.0 Å². The van der Waals surface area contributed by atoms with E-state index in [0.29, 0.717) is 6.61 Å². The van der Waals surface area contributed by atoms with E-state index in [2.05, 4.69) is 0 Å². The summed E-state index contributed by atoms with van der Waals surface area (Å²) in [6, 6.07) is 0.761. The molecule has 0 aliphatic carbocycles. The fourth-order valence-electron chi connectivity index (χ4n) is 1.18. The van der Waals surface area contributed by atoms with Gasteiger partial charge in [-0.05, 0) is 0 Å². The molecule has 1 atom stereocenters. The lowest BCUT2D eigenvalue weighted by Gasteiger charge is -2.28. The van der Waals surface area contributed by atoms with Crippen LogP contribution in [-0.2, 0) is 18.0 Å². The van der Waals surface area contributed by atoms with E-state index in [1.54, 1.807) is 21.3 Å². The monoisotopic (exact) mass is 223 g/mol. The average molecular weight is 223 g/mol. The molecule has 0 spiro atoms. The third-order valence-electron chi connectivity index (χ3n) is 1.84. The first-order valence-corrected chi connectivity index (χ1v) is 6.60. The summed E-state index contributed by atoms with van der Waals surface area (Å²) in [5.41, 5.74) is 5.68. The number of rotatable bonds is 8. The standard InChI is InChI=1S/C8H21NO4Si/c1-5-6-14(11-3,12-4)13-8(9)7-10-2/h8H,5-7,9H2,1-4H3. The van der Waals surface area contributed by atoms with Gasteiger partial charge in [-0.15, -0.1) is 0 Å². The van der Waals surface area contributed by atoms with Gasteiger partial charge < -0.3 is 23.7 Å². The van der Waals surface area contributed by atoms with Crippen LogP contribution in [0, 0.1) is 0 Å². The molecule has 0 saturated carbocycles. The molecule has 5 nitrogen and oxygen atoms in total. The van der Waals surface area contributed by atoms with Crippen LogP contribution in [0.4, 0.5) is 0 Å². The van der Waals surface area contributed by atoms with E-state index in [1.165, 1.54) is 0 Å². The SMILES string of the molecule is CCC[Si](OC)(OC)OC(N)COC. The molecule has 0 aromatic heterocycles. The Kier molecular flexibility index (Phi) is 7.34. The number of hydrogen-bond donors (Lipinski definition) is 1. The molecule has 0 aliphatic heterocycles. The summed E-state index contributed by atoms with van der Waals surface area (Å²) in [6.07, 6.45) is 0.450. The maximum atomic E-state index is 5.68. The van der Waals surface area contributed by atoms with Crippen LogP contribution in [0.1, 0.15) is 13.3 Å². The highest BCUT2D eigenvalue weighted by atomic mass is 28.4. The van der Waals surface area contributed by atoms with Crippen molar-refractivity contribution in [1.29, 1.82) is 0 Å². The topological polar surface area (TPSA) is 62.9 Å². The molecule has 0 saturated heterocycles. The Morgan fingerprint density at radius 1 is 1.21 bits per heavy atom. The van der Waals surface area contributed by atoms with Crippen molar-refractivity contribution in [2.75, 3.05) is 27.9 Å². The molecule has 86 valence electrons. The minimum atomic E-state index is -2.55. The largest absolute Gasteiger partial charge is 0.501 e. The lowest BCUT2D eigenvalue weighted by Crippen LogP contribution is -2.50. The van der Waals surface area contributed by atoms with E-state index in [4.69, 9.17) is 23.7 Å². The molecule has 0 heterocycles. The maximum Gasteiger partial charge on any atom is 0.501 e. The van der Waals surface area contributed by atoms with Crippen molar-refractivity contribution in [2.45, 2.75) is 25.6 Å². The summed E-state index contributed by atoms with van der Waals surface area (Å²) in [5, 5.41) is 0. The second-order valence-electron chi connectivity index (χ2n) is 2.95. The first kappa shape index (κ1) is 14.0. The van der Waals surface area contributed by atoms with Crippen molar-refractivity contribution in [3.8, 4) is 0 Å². The fourth-order valence-corrected chi connectivity index (χ4v) is 3.20. The van der Waals surface area contributed by atoms with Crippen molar-refractivity contribution in [3.05, 3.63) is 0 Å². The highest BCUT2D eigenvalue weighted by Crippen LogP contribution is 2.16. The smallest absolute Gasteiger partial charge is 0.381 e. The average Bonchev–Trinajstić information content (AvgIpc) is 2.17. The van der Waals surface area contributed by atoms with Crippen molar-refractivity contribution < 1.29 is 18.0 Å². The second kappa shape index (κ2) is 7.33. The van der Waals surface area contributed by atoms with Gasteiger partial charge >= 0.3 is 8.80 Å². The van der Waals surface area contributed by atoms with Crippen LogP contribution in [0.2, 0.25) is 6.04 Å². The Bertz CT molecular complexity index is 143. The van der Waals surface area contributed by atoms with Crippen LogP contribution in [0.3, 0.4) is 0 Å². The fraction of sp³-hybridized carbons (Fsp3) is 1.00. The van der Waals surface area contributed by atoms with Crippen molar-refractivity contribution in [3.63, 3.8) is 0 Å². The first-order valence-electron chi connectivity index (χ1n) is 4.66. The second-order valence-corrected chi connectivity index (χ2v) is 5.87. The molecule has 0 aromatic carbocycles. The van der Waals surface area contributed by atoms with Gasteiger partial charge in [0.25, 0.3) is 0 Å². The van der Waals surface area contributed by atoms with Crippen LogP contribution >= 0.6 is 0 Å². The van der Waals surface area contributed by atoms with E-state index in [0.717, 1.165) is 12.5 Å². The summed E-state index contributed by atoms with van der Waals surface area (Å²) in [5.74, 6) is 0. The summed E-state index contributed by atoms with van der Waals surface area (Å²) >= 11 is 0. The quantitative estimate of drug-likeness (QED) is 0.481. The Balaban J connectivity index is 4.18. The van der Waals surface area contributed by atoms with Gasteiger partial charge in [-0.1, -0.05) is 13.3 Å². The van der Waals surface area contributed by atoms with E-state index in [1.807, 2.05) is 6.92 Å². The Labute approximate surface area is 86.8 Å². The maximum absolute atomic E-state index is 5.68. The van der Waals surface area contributed by atoms with E-state index >= 15 is 0 Å². The van der Waals surface area contributed by atoms with Gasteiger partial charge in [0.2, 0.25) is 0 Å². The number of methoxy groups -OCH3 is 1. The zero-order valence-corrected chi connectivity index (χ0v) is 10.4. The van der Waals surface area contributed by atoms with Crippen LogP contribution in [0.25, 0.3) is 0 Å². The van der Waals surface area contributed by atoms with E-state index in [9.17, 15) is 0 Å². The van der Waals surface area contributed by atoms with Gasteiger partial charge in [0.15, 0.2) is 0 Å². The lowest BCUT2D eigenvalue weighted by molar-refractivity contribution is 0.0162. The highest BCUT2D eigenvalue weighted by molar-refractivity contribution is 6.60. The van der Waals surface area contributed by atoms with Gasteiger partial charge in [0, 0.05) is 27.4 Å². The third kappa shape index (κ3) is 4.49. The molecule has 0 aliphatic rings. The van der Waals surface area contributed by atoms with Crippen LogP contribution in [0.5, 0.6) is 0 Å². The zero-order chi connectivity index (χ0) is 11.0. The number of hydrogen-bond acceptors (Lipinski definition) is 5. The molecule has 0 aromatic rings. The molecule has 0 radical (unpaired) electrons. The summed E-state index contributed by atoms with van der Waals surface area (Å²) in [4.78, 5) is 0. The lowest BCUT2D eigenvalue weighted by atomic mass is 10.6. The Hall–Kier alpha value is 0.0169. The van der Waals surface area contributed by atoms with Crippen molar-refractivity contribution >= 4 is 8.80 Å². The number of ether oxygens (including phenoxy) is 1. The minimum Gasteiger partial charge on any atom is -0.381 e. The molecule has 2 N–H and O–H groups in total. The van der Waals surface area contributed by atoms with Crippen LogP contribution < -0.4 is 5.73 Å². The molecule has 14 heavy (non-hydrogen) atoms. The first-order chi connectivity index (χ1) is 6.64. The van der Waals surface area contributed by atoms with Gasteiger partial charge in [0.1, 0.15) is 6.23 Å². The zero-order valence-electron chi connectivity index (χ0n) is 9.41. The van der Waals surface area contributed by atoms with Gasteiger partial charge in [-0.3, -0.25) is 0 Å². The molecule has 0 rings (SSSR count). The molecule has 1 unspecified atom stereocenters. The van der Waals surface area contributed by atoms with Crippen LogP contribution in [0.15, 0.2) is 0 Å². The molecule has 0 fully saturated rings. The highest BCUT2D eigenvalue weighted by Gasteiger charge is 2.39. The molecule has 0 amide bonds. The minimum absolute atomic E-state index is 0.338. The van der Waals surface area contributed by atoms with Crippen LogP contribution in [-0.4, -0.2) is 43.0 Å². The van der Waals surface area contributed by atoms with Crippen molar-refractivity contribution in [1.82, 2.24) is 0 Å². The summed E-state index contributed by atoms with van der Waals surface area (Å²) in [6.45, 7) is 2.39. The Morgan fingerprint density at radius 2 is 1.79 bits per heavy atom. The predicted molar refractivity (Wildman–Crippen MR) is 55.8 cm³/mol. The molecule has 0 bridgehead atoms. The summed E-state index contributed by atoms with van der Waals surface area (Å²) < 4.78 is 21.0. The summed E-state index contributed by atoms with van der Waals surface area (Å²) in [7, 11) is 2.20. The Morgan fingerprint density at radius 3 is 2.14 bits per heavy atom. The number of nitrogens with two attached hydrogens (primary N) is 1. The predicted octanol–water partition coefficient (Wildman–Crippen LogP) is 0.576.